The smallest absolute Gasteiger partial charge is 0.0670 e. The van der Waals surface area contributed by atoms with Crippen LogP contribution in [-0.2, 0) is 6.42 Å². The number of rotatable bonds is 1. The molecular formula is C10H7IN2S. The lowest BCUT2D eigenvalue weighted by Gasteiger charge is -1.99. The Morgan fingerprint density at radius 1 is 1.50 bits per heavy atom. The van der Waals surface area contributed by atoms with Crippen LogP contribution in [0.1, 0.15) is 5.56 Å². The third-order valence-electron chi connectivity index (χ3n) is 2.06. The van der Waals surface area contributed by atoms with Crippen molar-refractivity contribution in [3.63, 3.8) is 0 Å². The van der Waals surface area contributed by atoms with E-state index in [1.165, 1.54) is 4.70 Å². The van der Waals surface area contributed by atoms with Crippen molar-refractivity contribution in [3.05, 3.63) is 26.6 Å². The van der Waals surface area contributed by atoms with Gasteiger partial charge in [-0.15, -0.1) is 11.3 Å². The molecule has 0 amide bonds. The summed E-state index contributed by atoms with van der Waals surface area (Å²) in [4.78, 5) is 0. The molecule has 2 nitrogen and oxygen atoms in total. The predicted molar refractivity (Wildman–Crippen MR) is 68.3 cm³/mol. The molecule has 14 heavy (non-hydrogen) atoms. The first-order valence-electron chi connectivity index (χ1n) is 4.05. The lowest BCUT2D eigenvalue weighted by molar-refractivity contribution is 1.30. The normalized spacial score (nSPS) is 10.3. The standard InChI is InChI=1S/C10H7IN2S/c11-9-8(13)2-1-7-6(3-4-12)5-14-10(7)9/h1-2,5H,3,13H2. The Hall–Kier alpha value is -0.800. The summed E-state index contributed by atoms with van der Waals surface area (Å²) in [5.74, 6) is 0. The van der Waals surface area contributed by atoms with E-state index in [0.29, 0.717) is 6.42 Å². The van der Waals surface area contributed by atoms with Gasteiger partial charge in [0.25, 0.3) is 0 Å². The molecule has 0 spiro atoms. The molecule has 1 aromatic carbocycles. The van der Waals surface area contributed by atoms with Gasteiger partial charge in [0.1, 0.15) is 0 Å². The Kier molecular flexibility index (Phi) is 2.61. The van der Waals surface area contributed by atoms with Crippen molar-refractivity contribution < 1.29 is 0 Å². The Labute approximate surface area is 99.5 Å². The molecule has 0 saturated heterocycles. The highest BCUT2D eigenvalue weighted by atomic mass is 127. The second-order valence-electron chi connectivity index (χ2n) is 2.94. The van der Waals surface area contributed by atoms with Crippen LogP contribution in [-0.4, -0.2) is 0 Å². The van der Waals surface area contributed by atoms with Gasteiger partial charge in [0.15, 0.2) is 0 Å². The summed E-state index contributed by atoms with van der Waals surface area (Å²) < 4.78 is 2.28. The second kappa shape index (κ2) is 3.75. The molecular weight excluding hydrogens is 307 g/mol. The van der Waals surface area contributed by atoms with E-state index in [2.05, 4.69) is 28.7 Å². The van der Waals surface area contributed by atoms with Gasteiger partial charge < -0.3 is 5.73 Å². The number of anilines is 1. The van der Waals surface area contributed by atoms with Crippen LogP contribution in [0.25, 0.3) is 10.1 Å². The Bertz CT molecular complexity index is 525. The molecule has 0 unspecified atom stereocenters. The van der Waals surface area contributed by atoms with Crippen molar-refractivity contribution in [2.45, 2.75) is 6.42 Å². The second-order valence-corrected chi connectivity index (χ2v) is 4.90. The van der Waals surface area contributed by atoms with Crippen molar-refractivity contribution in [1.29, 1.82) is 5.26 Å². The van der Waals surface area contributed by atoms with Crippen molar-refractivity contribution >= 4 is 49.7 Å². The van der Waals surface area contributed by atoms with Gasteiger partial charge in [-0.3, -0.25) is 0 Å². The molecule has 1 aromatic heterocycles. The van der Waals surface area contributed by atoms with Gasteiger partial charge in [0.05, 0.1) is 16.1 Å². The fourth-order valence-electron chi connectivity index (χ4n) is 1.35. The molecule has 1 heterocycles. The van der Waals surface area contributed by atoms with Crippen molar-refractivity contribution in [2.24, 2.45) is 0 Å². The van der Waals surface area contributed by atoms with Gasteiger partial charge >= 0.3 is 0 Å². The lowest BCUT2D eigenvalue weighted by atomic mass is 10.1. The molecule has 0 fully saturated rings. The van der Waals surface area contributed by atoms with Gasteiger partial charge in [0.2, 0.25) is 0 Å². The summed E-state index contributed by atoms with van der Waals surface area (Å²) in [7, 11) is 0. The van der Waals surface area contributed by atoms with Crippen LogP contribution in [0.3, 0.4) is 0 Å². The third kappa shape index (κ3) is 1.47. The summed E-state index contributed by atoms with van der Waals surface area (Å²) in [6.45, 7) is 0. The van der Waals surface area contributed by atoms with Gasteiger partial charge in [-0.25, -0.2) is 0 Å². The molecule has 0 bridgehead atoms. The van der Waals surface area contributed by atoms with E-state index in [4.69, 9.17) is 11.0 Å². The molecule has 2 rings (SSSR count). The SMILES string of the molecule is N#CCc1csc2c(I)c(N)ccc12. The number of nitriles is 1. The molecule has 70 valence electrons. The summed E-state index contributed by atoms with van der Waals surface area (Å²) in [5, 5.41) is 11.8. The largest absolute Gasteiger partial charge is 0.398 e. The van der Waals surface area contributed by atoms with Gasteiger partial charge in [-0.05, 0) is 45.0 Å². The molecule has 0 radical (unpaired) electrons. The highest BCUT2D eigenvalue weighted by Crippen LogP contribution is 2.33. The number of benzene rings is 1. The Morgan fingerprint density at radius 3 is 3.00 bits per heavy atom. The Morgan fingerprint density at radius 2 is 2.29 bits per heavy atom. The minimum Gasteiger partial charge on any atom is -0.398 e. The fourth-order valence-corrected chi connectivity index (χ4v) is 3.22. The van der Waals surface area contributed by atoms with E-state index in [0.717, 1.165) is 20.2 Å². The first-order valence-corrected chi connectivity index (χ1v) is 6.01. The zero-order valence-corrected chi connectivity index (χ0v) is 10.2. The highest BCUT2D eigenvalue weighted by Gasteiger charge is 2.08. The summed E-state index contributed by atoms with van der Waals surface area (Å²) >= 11 is 3.90. The maximum Gasteiger partial charge on any atom is 0.0670 e. The number of halogens is 1. The number of hydrogen-bond acceptors (Lipinski definition) is 3. The zero-order chi connectivity index (χ0) is 10.1. The first kappa shape index (κ1) is 9.74. The summed E-state index contributed by atoms with van der Waals surface area (Å²) in [6.07, 6.45) is 0.472. The van der Waals surface area contributed by atoms with Crippen LogP contribution in [0.4, 0.5) is 5.69 Å². The summed E-state index contributed by atoms with van der Waals surface area (Å²) in [5.41, 5.74) is 7.71. The van der Waals surface area contributed by atoms with Crippen molar-refractivity contribution in [2.75, 3.05) is 5.73 Å². The highest BCUT2D eigenvalue weighted by molar-refractivity contribution is 14.1. The maximum atomic E-state index is 8.65. The minimum absolute atomic E-state index is 0.472. The quantitative estimate of drug-likeness (QED) is 0.649. The third-order valence-corrected chi connectivity index (χ3v) is 4.65. The van der Waals surface area contributed by atoms with Crippen LogP contribution < -0.4 is 5.73 Å². The van der Waals surface area contributed by atoms with E-state index in [9.17, 15) is 0 Å². The van der Waals surface area contributed by atoms with Crippen molar-refractivity contribution in [1.82, 2.24) is 0 Å². The predicted octanol–water partition coefficient (Wildman–Crippen LogP) is 3.15. The number of nitrogens with zero attached hydrogens (tertiary/aromatic N) is 1. The number of fused-ring (bicyclic) bond motifs is 1. The number of nitrogen functional groups attached to an aromatic ring is 1. The number of nitrogens with two attached hydrogens (primary N) is 1. The van der Waals surface area contributed by atoms with Crippen molar-refractivity contribution in [3.8, 4) is 6.07 Å². The van der Waals surface area contributed by atoms with E-state index < -0.39 is 0 Å². The molecule has 0 saturated carbocycles. The molecule has 4 heteroatoms. The fraction of sp³-hybridized carbons (Fsp3) is 0.100. The maximum absolute atomic E-state index is 8.65. The average molecular weight is 314 g/mol. The number of hydrogen-bond donors (Lipinski definition) is 1. The van der Waals surface area contributed by atoms with Crippen LogP contribution in [0.5, 0.6) is 0 Å². The lowest BCUT2D eigenvalue weighted by Crippen LogP contribution is -1.88. The van der Waals surface area contributed by atoms with Crippen LogP contribution in [0, 0.1) is 14.9 Å². The number of thiophene rings is 1. The van der Waals surface area contributed by atoms with E-state index in [-0.39, 0.29) is 0 Å². The molecule has 0 aliphatic carbocycles. The minimum atomic E-state index is 0.472. The Balaban J connectivity index is 2.72. The summed E-state index contributed by atoms with van der Waals surface area (Å²) in [6, 6.07) is 6.07. The van der Waals surface area contributed by atoms with Gasteiger partial charge in [-0.1, -0.05) is 6.07 Å². The molecule has 0 aliphatic rings. The van der Waals surface area contributed by atoms with E-state index in [1.54, 1.807) is 11.3 Å². The van der Waals surface area contributed by atoms with E-state index in [1.807, 2.05) is 17.5 Å². The molecule has 0 aliphatic heterocycles. The zero-order valence-electron chi connectivity index (χ0n) is 7.25. The van der Waals surface area contributed by atoms with Crippen LogP contribution >= 0.6 is 33.9 Å². The monoisotopic (exact) mass is 314 g/mol. The van der Waals surface area contributed by atoms with E-state index >= 15 is 0 Å². The van der Waals surface area contributed by atoms with Crippen LogP contribution in [0.15, 0.2) is 17.5 Å². The van der Waals surface area contributed by atoms with Gasteiger partial charge in [-0.2, -0.15) is 5.26 Å². The first-order chi connectivity index (χ1) is 6.74. The average Bonchev–Trinajstić information content (AvgIpc) is 2.57. The van der Waals surface area contributed by atoms with Crippen LogP contribution in [0.2, 0.25) is 0 Å². The topological polar surface area (TPSA) is 49.8 Å². The van der Waals surface area contributed by atoms with Gasteiger partial charge in [0, 0.05) is 10.4 Å². The molecule has 2 aromatic rings. The molecule has 0 atom stereocenters. The molecule has 2 N–H and O–H groups in total.